The van der Waals surface area contributed by atoms with Crippen LogP contribution in [0.4, 0.5) is 0 Å². The van der Waals surface area contributed by atoms with E-state index in [0.717, 1.165) is 6.07 Å². The molecule has 0 heterocycles. The van der Waals surface area contributed by atoms with Crippen LogP contribution in [0.1, 0.15) is 30.1 Å². The summed E-state index contributed by atoms with van der Waals surface area (Å²) >= 11 is 0. The molecule has 0 bridgehead atoms. The molecule has 0 saturated carbocycles. The summed E-state index contributed by atoms with van der Waals surface area (Å²) in [5, 5.41) is 29.3. The van der Waals surface area contributed by atoms with Crippen molar-refractivity contribution in [1.29, 1.82) is 0 Å². The van der Waals surface area contributed by atoms with Crippen LogP contribution in [0.15, 0.2) is 42.5 Å². The van der Waals surface area contributed by atoms with Crippen molar-refractivity contribution in [1.82, 2.24) is 0 Å². The van der Waals surface area contributed by atoms with E-state index in [-0.39, 0.29) is 22.8 Å². The molecule has 0 saturated heterocycles. The molecule has 0 aromatic heterocycles. The van der Waals surface area contributed by atoms with Crippen molar-refractivity contribution in [2.75, 3.05) is 0 Å². The molecular weight excluding hydrogens is 323 g/mol. The number of hydrogen-bond donors (Lipinski definition) is 5. The summed E-state index contributed by atoms with van der Waals surface area (Å²) in [5.74, 6) is -0.900. The average Bonchev–Trinajstić information content (AvgIpc) is 2.45. The fourth-order valence-corrected chi connectivity index (χ4v) is 2.62. The number of phenolic OH excluding ortho intramolecular Hbond substituents is 2. The predicted molar refractivity (Wildman–Crippen MR) is 82.3 cm³/mol. The van der Waals surface area contributed by atoms with Crippen molar-refractivity contribution >= 4 is 7.82 Å². The van der Waals surface area contributed by atoms with E-state index < -0.39 is 19.8 Å². The molecule has 0 fully saturated rings. The van der Waals surface area contributed by atoms with E-state index in [1.54, 1.807) is 19.1 Å². The van der Waals surface area contributed by atoms with Gasteiger partial charge in [-0.15, -0.1) is 0 Å². The number of benzene rings is 2. The number of phosphoric acid groups is 1. The van der Waals surface area contributed by atoms with Crippen molar-refractivity contribution in [2.24, 2.45) is 0 Å². The maximum Gasteiger partial charge on any atom is 0.524 e. The van der Waals surface area contributed by atoms with Crippen LogP contribution in [-0.2, 0) is 4.57 Å². The third-order valence-electron chi connectivity index (χ3n) is 3.43. The molecule has 2 aromatic carbocycles. The number of aliphatic hydroxyl groups is 1. The van der Waals surface area contributed by atoms with Crippen LogP contribution in [0.5, 0.6) is 17.2 Å². The third-order valence-corrected chi connectivity index (χ3v) is 3.86. The molecule has 2 aromatic rings. The first-order chi connectivity index (χ1) is 10.7. The second-order valence-corrected chi connectivity index (χ2v) is 6.29. The van der Waals surface area contributed by atoms with E-state index in [0.29, 0.717) is 5.56 Å². The molecule has 2 atom stereocenters. The van der Waals surface area contributed by atoms with Crippen molar-refractivity contribution in [3.8, 4) is 17.2 Å². The maximum atomic E-state index is 11.0. The Hall–Kier alpha value is -2.05. The standard InChI is InChI=1S/C15H17O7P/c1-9(10-2-4-11(16)5-3-10)15(18)13-7-6-12(17)8-14(13)22-23(19,20)21/h2-9,15-18H,1H3,(H2,19,20,21). The summed E-state index contributed by atoms with van der Waals surface area (Å²) in [7, 11) is -4.84. The van der Waals surface area contributed by atoms with Gasteiger partial charge in [0.05, 0.1) is 6.10 Å². The van der Waals surface area contributed by atoms with Crippen LogP contribution in [0.2, 0.25) is 0 Å². The van der Waals surface area contributed by atoms with Gasteiger partial charge in [0.1, 0.15) is 17.2 Å². The lowest BCUT2D eigenvalue weighted by molar-refractivity contribution is 0.148. The summed E-state index contributed by atoms with van der Waals surface area (Å²) in [6, 6.07) is 9.86. The second-order valence-electron chi connectivity index (χ2n) is 5.13. The van der Waals surface area contributed by atoms with Crippen LogP contribution < -0.4 is 4.52 Å². The van der Waals surface area contributed by atoms with Gasteiger partial charge in [0.25, 0.3) is 0 Å². The first-order valence-corrected chi connectivity index (χ1v) is 8.25. The zero-order valence-corrected chi connectivity index (χ0v) is 13.1. The van der Waals surface area contributed by atoms with Crippen LogP contribution in [0, 0.1) is 0 Å². The highest BCUT2D eigenvalue weighted by Crippen LogP contribution is 2.44. The third kappa shape index (κ3) is 4.46. The highest BCUT2D eigenvalue weighted by molar-refractivity contribution is 7.46. The number of phenols is 2. The Balaban J connectivity index is 2.36. The fourth-order valence-electron chi connectivity index (χ4n) is 2.20. The van der Waals surface area contributed by atoms with Crippen LogP contribution >= 0.6 is 7.82 Å². The van der Waals surface area contributed by atoms with Gasteiger partial charge in [-0.25, -0.2) is 4.57 Å². The first-order valence-electron chi connectivity index (χ1n) is 6.72. The van der Waals surface area contributed by atoms with E-state index in [9.17, 15) is 19.9 Å². The summed E-state index contributed by atoms with van der Waals surface area (Å²) in [6.07, 6.45) is -1.14. The van der Waals surface area contributed by atoms with Crippen molar-refractivity contribution < 1.29 is 34.2 Å². The van der Waals surface area contributed by atoms with E-state index in [1.807, 2.05) is 0 Å². The minimum Gasteiger partial charge on any atom is -0.508 e. The summed E-state index contributed by atoms with van der Waals surface area (Å²) in [4.78, 5) is 17.9. The van der Waals surface area contributed by atoms with Gasteiger partial charge >= 0.3 is 7.82 Å². The Morgan fingerprint density at radius 3 is 2.13 bits per heavy atom. The Labute approximate surface area is 132 Å². The minimum absolute atomic E-state index is 0.0885. The molecule has 2 unspecified atom stereocenters. The molecule has 8 heteroatoms. The molecule has 0 aliphatic carbocycles. The smallest absolute Gasteiger partial charge is 0.508 e. The Morgan fingerprint density at radius 2 is 1.57 bits per heavy atom. The van der Waals surface area contributed by atoms with Crippen molar-refractivity contribution in [2.45, 2.75) is 18.9 Å². The molecule has 0 aliphatic heterocycles. The summed E-state index contributed by atoms with van der Waals surface area (Å²) in [6.45, 7) is 1.71. The number of rotatable bonds is 5. The number of phosphoric ester groups is 1. The van der Waals surface area contributed by atoms with Gasteiger partial charge in [0, 0.05) is 17.5 Å². The second kappa shape index (κ2) is 6.60. The van der Waals surface area contributed by atoms with E-state index >= 15 is 0 Å². The number of aliphatic hydroxyl groups excluding tert-OH is 1. The SMILES string of the molecule is CC(c1ccc(O)cc1)C(O)c1ccc(O)cc1OP(=O)(O)O. The molecule has 124 valence electrons. The Bertz CT molecular complexity index is 723. The minimum atomic E-state index is -4.84. The number of aromatic hydroxyl groups is 2. The van der Waals surface area contributed by atoms with Gasteiger partial charge < -0.3 is 19.8 Å². The van der Waals surface area contributed by atoms with Crippen LogP contribution in [0.25, 0.3) is 0 Å². The summed E-state index contributed by atoms with van der Waals surface area (Å²) < 4.78 is 15.6. The molecular formula is C15H17O7P. The quantitative estimate of drug-likeness (QED) is 0.529. The maximum absolute atomic E-state index is 11.0. The van der Waals surface area contributed by atoms with Gasteiger partial charge in [-0.05, 0) is 29.8 Å². The zero-order chi connectivity index (χ0) is 17.2. The highest BCUT2D eigenvalue weighted by atomic mass is 31.2. The predicted octanol–water partition coefficient (Wildman–Crippen LogP) is 2.41. The van der Waals surface area contributed by atoms with Gasteiger partial charge in [-0.3, -0.25) is 9.79 Å². The van der Waals surface area contributed by atoms with Gasteiger partial charge in [0.15, 0.2) is 0 Å². The molecule has 23 heavy (non-hydrogen) atoms. The molecule has 2 rings (SSSR count). The van der Waals surface area contributed by atoms with Gasteiger partial charge in [0.2, 0.25) is 0 Å². The monoisotopic (exact) mass is 340 g/mol. The van der Waals surface area contributed by atoms with Crippen LogP contribution in [-0.4, -0.2) is 25.1 Å². The van der Waals surface area contributed by atoms with E-state index in [2.05, 4.69) is 4.52 Å². The molecule has 5 N–H and O–H groups in total. The largest absolute Gasteiger partial charge is 0.524 e. The lowest BCUT2D eigenvalue weighted by Crippen LogP contribution is -2.09. The molecule has 0 radical (unpaired) electrons. The fraction of sp³-hybridized carbons (Fsp3) is 0.200. The van der Waals surface area contributed by atoms with E-state index in [1.165, 1.54) is 24.3 Å². The van der Waals surface area contributed by atoms with Crippen LogP contribution in [0.3, 0.4) is 0 Å². The van der Waals surface area contributed by atoms with Crippen molar-refractivity contribution in [3.05, 3.63) is 53.6 Å². The molecule has 7 nitrogen and oxygen atoms in total. The topological polar surface area (TPSA) is 127 Å². The average molecular weight is 340 g/mol. The molecule has 0 amide bonds. The molecule has 0 aliphatic rings. The normalized spacial score (nSPS) is 14.3. The van der Waals surface area contributed by atoms with Crippen molar-refractivity contribution in [3.63, 3.8) is 0 Å². The van der Waals surface area contributed by atoms with Gasteiger partial charge in [-0.1, -0.05) is 19.1 Å². The highest BCUT2D eigenvalue weighted by Gasteiger charge is 2.26. The molecule has 0 spiro atoms. The van der Waals surface area contributed by atoms with Gasteiger partial charge in [-0.2, -0.15) is 0 Å². The first kappa shape index (κ1) is 17.3. The zero-order valence-electron chi connectivity index (χ0n) is 12.2. The Kier molecular flexibility index (Phi) is 4.97. The number of hydrogen-bond acceptors (Lipinski definition) is 5. The summed E-state index contributed by atoms with van der Waals surface area (Å²) in [5.41, 5.74) is 0.845. The Morgan fingerprint density at radius 1 is 1.00 bits per heavy atom. The lowest BCUT2D eigenvalue weighted by Gasteiger charge is -2.22. The van der Waals surface area contributed by atoms with E-state index in [4.69, 9.17) is 9.79 Å². The lowest BCUT2D eigenvalue weighted by atomic mass is 9.90.